The molecule has 5 nitrogen and oxygen atoms in total. The lowest BCUT2D eigenvalue weighted by atomic mass is 10.1. The Morgan fingerprint density at radius 2 is 1.33 bits per heavy atom. The fraction of sp³-hybridized carbons (Fsp3) is 0.250. The molecule has 0 fully saturated rings. The van der Waals surface area contributed by atoms with E-state index in [9.17, 15) is 21.6 Å². The number of rotatable bonds is 8. The Labute approximate surface area is 160 Å². The number of sulfone groups is 2. The van der Waals surface area contributed by atoms with Gasteiger partial charge in [0.05, 0.1) is 9.79 Å². The van der Waals surface area contributed by atoms with Gasteiger partial charge in [0.15, 0.2) is 23.8 Å². The Balaban J connectivity index is 2.87. The average molecular weight is 405 g/mol. The molecule has 7 heteroatoms. The van der Waals surface area contributed by atoms with Gasteiger partial charge in [-0.1, -0.05) is 43.3 Å². The number of aldehydes is 1. The van der Waals surface area contributed by atoms with E-state index in [-0.39, 0.29) is 9.79 Å². The quantitative estimate of drug-likeness (QED) is 0.499. The fourth-order valence-corrected chi connectivity index (χ4v) is 8.08. The van der Waals surface area contributed by atoms with Gasteiger partial charge in [-0.25, -0.2) is 16.8 Å². The van der Waals surface area contributed by atoms with Gasteiger partial charge in [-0.15, -0.1) is 12.3 Å². The summed E-state index contributed by atoms with van der Waals surface area (Å²) in [5, 5.41) is 0. The van der Waals surface area contributed by atoms with Crippen LogP contribution in [0.25, 0.3) is 0 Å². The molecule has 0 radical (unpaired) electrons. The summed E-state index contributed by atoms with van der Waals surface area (Å²) in [6, 6.07) is 14.6. The second-order valence-corrected chi connectivity index (χ2v) is 11.0. The third-order valence-electron chi connectivity index (χ3n) is 4.32. The molecule has 1 unspecified atom stereocenters. The summed E-state index contributed by atoms with van der Waals surface area (Å²) in [5.41, 5.74) is 0. The fourth-order valence-electron chi connectivity index (χ4n) is 2.95. The SMILES string of the molecule is C#CCC(CC(C)C=O)(S(=O)(=O)c1ccccc1)S(=O)(=O)c1ccccc1. The van der Waals surface area contributed by atoms with Gasteiger partial charge in [-0.3, -0.25) is 0 Å². The second-order valence-electron chi connectivity index (χ2n) is 6.24. The molecular formula is C20H20O5S2. The van der Waals surface area contributed by atoms with E-state index in [0.717, 1.165) is 0 Å². The van der Waals surface area contributed by atoms with Crippen molar-refractivity contribution in [1.82, 2.24) is 0 Å². The zero-order chi connectivity index (χ0) is 20.1. The van der Waals surface area contributed by atoms with Crippen LogP contribution in [0.4, 0.5) is 0 Å². The Bertz CT molecular complexity index is 965. The van der Waals surface area contributed by atoms with Gasteiger partial charge in [0, 0.05) is 12.3 Å². The molecule has 2 aromatic carbocycles. The molecule has 0 spiro atoms. The largest absolute Gasteiger partial charge is 0.303 e. The molecule has 142 valence electrons. The molecule has 1 atom stereocenters. The van der Waals surface area contributed by atoms with Gasteiger partial charge in [0.1, 0.15) is 6.29 Å². The van der Waals surface area contributed by atoms with Crippen LogP contribution in [0.15, 0.2) is 70.5 Å². The average Bonchev–Trinajstić information content (AvgIpc) is 2.68. The predicted octanol–water partition coefficient (Wildman–Crippen LogP) is 2.88. The monoisotopic (exact) mass is 404 g/mol. The molecule has 0 aliphatic rings. The van der Waals surface area contributed by atoms with E-state index in [1.165, 1.54) is 55.5 Å². The lowest BCUT2D eigenvalue weighted by Crippen LogP contribution is -2.47. The van der Waals surface area contributed by atoms with Crippen molar-refractivity contribution >= 4 is 26.0 Å². The van der Waals surface area contributed by atoms with Crippen molar-refractivity contribution in [3.05, 3.63) is 60.7 Å². The van der Waals surface area contributed by atoms with Crippen LogP contribution in [0, 0.1) is 18.3 Å². The van der Waals surface area contributed by atoms with Crippen molar-refractivity contribution < 1.29 is 21.6 Å². The molecule has 0 aliphatic carbocycles. The van der Waals surface area contributed by atoms with E-state index in [4.69, 9.17) is 6.42 Å². The molecule has 0 saturated carbocycles. The maximum atomic E-state index is 13.5. The smallest absolute Gasteiger partial charge is 0.199 e. The van der Waals surface area contributed by atoms with Gasteiger partial charge in [0.2, 0.25) is 0 Å². The highest BCUT2D eigenvalue weighted by molar-refractivity contribution is 8.10. The molecule has 0 aromatic heterocycles. The first kappa shape index (κ1) is 20.9. The summed E-state index contributed by atoms with van der Waals surface area (Å²) in [6.45, 7) is 1.47. The zero-order valence-electron chi connectivity index (χ0n) is 14.8. The summed E-state index contributed by atoms with van der Waals surface area (Å²) in [7, 11) is -8.85. The Morgan fingerprint density at radius 3 is 1.67 bits per heavy atom. The van der Waals surface area contributed by atoms with Gasteiger partial charge in [-0.2, -0.15) is 0 Å². The summed E-state index contributed by atoms with van der Waals surface area (Å²) >= 11 is 0. The van der Waals surface area contributed by atoms with Crippen molar-refractivity contribution in [2.75, 3.05) is 0 Å². The highest BCUT2D eigenvalue weighted by Gasteiger charge is 2.56. The second kappa shape index (κ2) is 8.07. The Morgan fingerprint density at radius 1 is 0.926 bits per heavy atom. The maximum Gasteiger partial charge on any atom is 0.199 e. The molecule has 2 aromatic rings. The predicted molar refractivity (Wildman–Crippen MR) is 103 cm³/mol. The standard InChI is InChI=1S/C20H20O5S2/c1-3-14-20(15-17(2)16-21,26(22,23)18-10-6-4-7-11-18)27(24,25)19-12-8-5-9-13-19/h1,4-13,16-17H,14-15H2,2H3. The van der Waals surface area contributed by atoms with Crippen LogP contribution >= 0.6 is 0 Å². The number of terminal acetylenes is 1. The Hall–Kier alpha value is -2.43. The van der Waals surface area contributed by atoms with Gasteiger partial charge < -0.3 is 4.79 Å². The molecule has 0 bridgehead atoms. The van der Waals surface area contributed by atoms with Crippen LogP contribution in [0.2, 0.25) is 0 Å². The number of carbonyl (C=O) groups is 1. The third-order valence-corrected chi connectivity index (χ3v) is 10.0. The lowest BCUT2D eigenvalue weighted by molar-refractivity contribution is -0.110. The molecule has 0 amide bonds. The highest BCUT2D eigenvalue weighted by Crippen LogP contribution is 2.42. The topological polar surface area (TPSA) is 85.3 Å². The first-order chi connectivity index (χ1) is 12.7. The van der Waals surface area contributed by atoms with E-state index in [2.05, 4.69) is 5.92 Å². The zero-order valence-corrected chi connectivity index (χ0v) is 16.4. The van der Waals surface area contributed by atoms with E-state index in [1.54, 1.807) is 12.1 Å². The number of carbonyl (C=O) groups excluding carboxylic acids is 1. The van der Waals surface area contributed by atoms with Crippen LogP contribution in [0.1, 0.15) is 19.8 Å². The Kier molecular flexibility index (Phi) is 6.24. The summed E-state index contributed by atoms with van der Waals surface area (Å²) < 4.78 is 51.8. The van der Waals surface area contributed by atoms with Crippen LogP contribution < -0.4 is 0 Å². The first-order valence-electron chi connectivity index (χ1n) is 8.21. The van der Waals surface area contributed by atoms with E-state index < -0.39 is 42.5 Å². The number of hydrogen-bond donors (Lipinski definition) is 0. The first-order valence-corrected chi connectivity index (χ1v) is 11.2. The van der Waals surface area contributed by atoms with Gasteiger partial charge in [-0.05, 0) is 30.7 Å². The van der Waals surface area contributed by atoms with Crippen LogP contribution in [-0.2, 0) is 24.5 Å². The van der Waals surface area contributed by atoms with Crippen molar-refractivity contribution in [2.24, 2.45) is 5.92 Å². The number of hydrogen-bond acceptors (Lipinski definition) is 5. The molecular weight excluding hydrogens is 384 g/mol. The van der Waals surface area contributed by atoms with E-state index in [1.807, 2.05) is 0 Å². The minimum Gasteiger partial charge on any atom is -0.303 e. The van der Waals surface area contributed by atoms with Crippen LogP contribution in [-0.4, -0.2) is 27.2 Å². The van der Waals surface area contributed by atoms with Crippen molar-refractivity contribution in [3.8, 4) is 12.3 Å². The van der Waals surface area contributed by atoms with Crippen LogP contribution in [0.5, 0.6) is 0 Å². The summed E-state index contributed by atoms with van der Waals surface area (Å²) in [6.07, 6.45) is 4.94. The normalized spacial score (nSPS) is 13.5. The number of benzene rings is 2. The third kappa shape index (κ3) is 3.68. The van der Waals surface area contributed by atoms with Crippen LogP contribution in [0.3, 0.4) is 0 Å². The van der Waals surface area contributed by atoms with E-state index >= 15 is 0 Å². The molecule has 0 heterocycles. The minimum absolute atomic E-state index is 0.155. The van der Waals surface area contributed by atoms with Gasteiger partial charge >= 0.3 is 0 Å². The molecule has 0 N–H and O–H groups in total. The molecule has 0 saturated heterocycles. The summed E-state index contributed by atoms with van der Waals surface area (Å²) in [5.74, 6) is 1.39. The summed E-state index contributed by atoms with van der Waals surface area (Å²) in [4.78, 5) is 11.0. The van der Waals surface area contributed by atoms with E-state index in [0.29, 0.717) is 6.29 Å². The maximum absolute atomic E-state index is 13.5. The van der Waals surface area contributed by atoms with Gasteiger partial charge in [0.25, 0.3) is 0 Å². The molecule has 2 rings (SSSR count). The highest BCUT2D eigenvalue weighted by atomic mass is 32.3. The van der Waals surface area contributed by atoms with Crippen molar-refractivity contribution in [2.45, 2.75) is 33.6 Å². The minimum atomic E-state index is -4.43. The van der Waals surface area contributed by atoms with Crippen molar-refractivity contribution in [3.63, 3.8) is 0 Å². The lowest BCUT2D eigenvalue weighted by Gasteiger charge is -2.32. The van der Waals surface area contributed by atoms with Crippen molar-refractivity contribution in [1.29, 1.82) is 0 Å². The molecule has 0 aliphatic heterocycles. The molecule has 27 heavy (non-hydrogen) atoms.